The molecule has 1 aromatic rings. The summed E-state index contributed by atoms with van der Waals surface area (Å²) in [4.78, 5) is 25.1. The van der Waals surface area contributed by atoms with Crippen LogP contribution in [0.25, 0.3) is 0 Å². The van der Waals surface area contributed by atoms with E-state index in [-0.39, 0.29) is 23.2 Å². The van der Waals surface area contributed by atoms with Gasteiger partial charge in [-0.25, -0.2) is 4.79 Å². The van der Waals surface area contributed by atoms with E-state index >= 15 is 0 Å². The molecule has 28 heavy (non-hydrogen) atoms. The van der Waals surface area contributed by atoms with Crippen LogP contribution in [-0.4, -0.2) is 59.5 Å². The molecular weight excluding hydrogens is 359 g/mol. The molecule has 7 nitrogen and oxygen atoms in total. The molecule has 2 saturated heterocycles. The standard InChI is InChI=1S/C20H29BN2O5/c1-19(2)20(3,4)28-21(27-19)15-7-5-14(6-8-15)13-17(24)23-11-9-16(10-12-23)22-18(25)26/h5-8,16,22H,9-13H2,1-4H3,(H,25,26). The molecule has 2 aliphatic rings. The molecular formula is C20H29BN2O5. The molecule has 0 radical (unpaired) electrons. The molecule has 0 aromatic heterocycles. The van der Waals surface area contributed by atoms with Gasteiger partial charge in [-0.3, -0.25) is 4.79 Å². The van der Waals surface area contributed by atoms with Crippen LogP contribution in [0.3, 0.4) is 0 Å². The Kier molecular flexibility index (Phi) is 5.73. The predicted molar refractivity (Wildman–Crippen MR) is 107 cm³/mol. The highest BCUT2D eigenvalue weighted by molar-refractivity contribution is 6.62. The van der Waals surface area contributed by atoms with Crippen LogP contribution in [0, 0.1) is 0 Å². The van der Waals surface area contributed by atoms with Gasteiger partial charge in [-0.1, -0.05) is 24.3 Å². The third-order valence-electron chi connectivity index (χ3n) is 6.04. The van der Waals surface area contributed by atoms with Gasteiger partial charge < -0.3 is 24.6 Å². The van der Waals surface area contributed by atoms with E-state index in [0.29, 0.717) is 32.4 Å². The lowest BCUT2D eigenvalue weighted by Gasteiger charge is -2.32. The molecule has 2 amide bonds. The number of benzene rings is 1. The van der Waals surface area contributed by atoms with Crippen molar-refractivity contribution in [2.24, 2.45) is 0 Å². The Morgan fingerprint density at radius 3 is 2.14 bits per heavy atom. The number of carbonyl (C=O) groups is 2. The second-order valence-corrected chi connectivity index (χ2v) is 8.61. The smallest absolute Gasteiger partial charge is 0.465 e. The van der Waals surface area contributed by atoms with E-state index in [2.05, 4.69) is 5.32 Å². The van der Waals surface area contributed by atoms with E-state index in [9.17, 15) is 9.59 Å². The molecule has 2 N–H and O–H groups in total. The first-order chi connectivity index (χ1) is 13.1. The summed E-state index contributed by atoms with van der Waals surface area (Å²) in [6.07, 6.45) is 0.630. The highest BCUT2D eigenvalue weighted by Gasteiger charge is 2.51. The van der Waals surface area contributed by atoms with E-state index in [1.807, 2.05) is 56.9 Å². The lowest BCUT2D eigenvalue weighted by molar-refractivity contribution is -0.131. The molecule has 0 saturated carbocycles. The van der Waals surface area contributed by atoms with Gasteiger partial charge in [-0.15, -0.1) is 0 Å². The van der Waals surface area contributed by atoms with E-state index in [0.717, 1.165) is 11.0 Å². The summed E-state index contributed by atoms with van der Waals surface area (Å²) in [6, 6.07) is 7.72. The van der Waals surface area contributed by atoms with Crippen molar-refractivity contribution < 1.29 is 24.0 Å². The van der Waals surface area contributed by atoms with Crippen LogP contribution in [0.4, 0.5) is 4.79 Å². The number of nitrogens with zero attached hydrogens (tertiary/aromatic N) is 1. The lowest BCUT2D eigenvalue weighted by atomic mass is 9.79. The maximum atomic E-state index is 12.5. The van der Waals surface area contributed by atoms with E-state index < -0.39 is 13.2 Å². The quantitative estimate of drug-likeness (QED) is 0.768. The monoisotopic (exact) mass is 388 g/mol. The average Bonchev–Trinajstić information content (AvgIpc) is 2.83. The van der Waals surface area contributed by atoms with E-state index in [4.69, 9.17) is 14.4 Å². The molecule has 0 bridgehead atoms. The van der Waals surface area contributed by atoms with Gasteiger partial charge in [0.1, 0.15) is 0 Å². The highest BCUT2D eigenvalue weighted by atomic mass is 16.7. The Morgan fingerprint density at radius 1 is 1.11 bits per heavy atom. The molecule has 0 unspecified atom stereocenters. The number of piperidine rings is 1. The summed E-state index contributed by atoms with van der Waals surface area (Å²) in [5, 5.41) is 11.3. The first-order valence-corrected chi connectivity index (χ1v) is 9.79. The molecule has 0 atom stereocenters. The first kappa shape index (κ1) is 20.7. The van der Waals surface area contributed by atoms with Crippen LogP contribution < -0.4 is 10.8 Å². The van der Waals surface area contributed by atoms with Crippen molar-refractivity contribution in [3.8, 4) is 0 Å². The largest absolute Gasteiger partial charge is 0.494 e. The van der Waals surface area contributed by atoms with Crippen LogP contribution in [0.15, 0.2) is 24.3 Å². The fourth-order valence-corrected chi connectivity index (χ4v) is 3.51. The van der Waals surface area contributed by atoms with Crippen LogP contribution in [-0.2, 0) is 20.5 Å². The number of likely N-dealkylation sites (tertiary alicyclic amines) is 1. The summed E-state index contributed by atoms with van der Waals surface area (Å²) in [7, 11) is -0.407. The molecule has 152 valence electrons. The molecule has 1 aromatic carbocycles. The van der Waals surface area contributed by atoms with Gasteiger partial charge in [0.15, 0.2) is 0 Å². The highest BCUT2D eigenvalue weighted by Crippen LogP contribution is 2.36. The summed E-state index contributed by atoms with van der Waals surface area (Å²) in [5.41, 5.74) is 1.12. The molecule has 2 heterocycles. The third-order valence-corrected chi connectivity index (χ3v) is 6.04. The van der Waals surface area contributed by atoms with Crippen LogP contribution in [0.1, 0.15) is 46.1 Å². The van der Waals surface area contributed by atoms with E-state index in [1.54, 1.807) is 0 Å². The summed E-state index contributed by atoms with van der Waals surface area (Å²) < 4.78 is 12.1. The summed E-state index contributed by atoms with van der Waals surface area (Å²) >= 11 is 0. The SMILES string of the molecule is CC1(C)OB(c2ccc(CC(=O)N3CCC(NC(=O)O)CC3)cc2)OC1(C)C. The van der Waals surface area contributed by atoms with Crippen LogP contribution in [0.5, 0.6) is 0 Å². The zero-order valence-corrected chi connectivity index (χ0v) is 17.0. The molecule has 0 spiro atoms. The molecule has 3 rings (SSSR count). The van der Waals surface area contributed by atoms with Gasteiger partial charge >= 0.3 is 13.2 Å². The number of hydrogen-bond acceptors (Lipinski definition) is 4. The van der Waals surface area contributed by atoms with Gasteiger partial charge in [0.2, 0.25) is 5.91 Å². The number of carboxylic acid groups (broad SMARTS) is 1. The lowest BCUT2D eigenvalue weighted by Crippen LogP contribution is -2.46. The summed E-state index contributed by atoms with van der Waals surface area (Å²) in [5.74, 6) is 0.0668. The van der Waals surface area contributed by atoms with Gasteiger partial charge in [0, 0.05) is 19.1 Å². The van der Waals surface area contributed by atoms with Crippen molar-refractivity contribution in [1.82, 2.24) is 10.2 Å². The van der Waals surface area contributed by atoms with Crippen molar-refractivity contribution in [2.75, 3.05) is 13.1 Å². The van der Waals surface area contributed by atoms with Gasteiger partial charge in [-0.2, -0.15) is 0 Å². The van der Waals surface area contributed by atoms with Crippen molar-refractivity contribution in [1.29, 1.82) is 0 Å². The number of carbonyl (C=O) groups excluding carboxylic acids is 1. The average molecular weight is 388 g/mol. The third kappa shape index (κ3) is 4.50. The first-order valence-electron chi connectivity index (χ1n) is 9.79. The number of hydrogen-bond donors (Lipinski definition) is 2. The topological polar surface area (TPSA) is 88.1 Å². The van der Waals surface area contributed by atoms with E-state index in [1.165, 1.54) is 0 Å². The zero-order valence-electron chi connectivity index (χ0n) is 17.0. The minimum absolute atomic E-state index is 0.0668. The maximum absolute atomic E-state index is 12.5. The van der Waals surface area contributed by atoms with Crippen molar-refractivity contribution >= 4 is 24.6 Å². The minimum Gasteiger partial charge on any atom is -0.465 e. The van der Waals surface area contributed by atoms with Crippen LogP contribution in [0.2, 0.25) is 0 Å². The number of amides is 2. The maximum Gasteiger partial charge on any atom is 0.494 e. The number of nitrogens with one attached hydrogen (secondary N) is 1. The van der Waals surface area contributed by atoms with Gasteiger partial charge in [0.05, 0.1) is 17.6 Å². The Bertz CT molecular complexity index is 711. The predicted octanol–water partition coefficient (Wildman–Crippen LogP) is 1.79. The zero-order chi connectivity index (χ0) is 20.5. The normalized spacial score (nSPS) is 21.6. The molecule has 2 fully saturated rings. The van der Waals surface area contributed by atoms with Gasteiger partial charge in [-0.05, 0) is 51.6 Å². The Morgan fingerprint density at radius 2 is 1.64 bits per heavy atom. The Balaban J connectivity index is 1.54. The molecule has 2 aliphatic heterocycles. The Hall–Kier alpha value is -2.06. The fourth-order valence-electron chi connectivity index (χ4n) is 3.51. The van der Waals surface area contributed by atoms with Crippen LogP contribution >= 0.6 is 0 Å². The van der Waals surface area contributed by atoms with Gasteiger partial charge in [0.25, 0.3) is 0 Å². The van der Waals surface area contributed by atoms with Crippen molar-refractivity contribution in [2.45, 2.75) is 64.2 Å². The minimum atomic E-state index is -1.01. The summed E-state index contributed by atoms with van der Waals surface area (Å²) in [6.45, 7) is 9.25. The molecule has 0 aliphatic carbocycles. The Labute approximate surface area is 166 Å². The number of rotatable bonds is 4. The fraction of sp³-hybridized carbons (Fsp3) is 0.600. The van der Waals surface area contributed by atoms with Crippen molar-refractivity contribution in [3.63, 3.8) is 0 Å². The molecule has 8 heteroatoms. The van der Waals surface area contributed by atoms with Crippen molar-refractivity contribution in [3.05, 3.63) is 29.8 Å². The second-order valence-electron chi connectivity index (χ2n) is 8.61. The second kappa shape index (κ2) is 7.76.